The van der Waals surface area contributed by atoms with Crippen molar-refractivity contribution in [3.63, 3.8) is 0 Å². The third-order valence-electron chi connectivity index (χ3n) is 5.13. The Morgan fingerprint density at radius 1 is 1.22 bits per heavy atom. The second kappa shape index (κ2) is 7.78. The fourth-order valence-electron chi connectivity index (χ4n) is 3.80. The summed E-state index contributed by atoms with van der Waals surface area (Å²) in [5, 5.41) is 5.08. The number of nitrogens with zero attached hydrogens (tertiary/aromatic N) is 4. The van der Waals surface area contributed by atoms with Gasteiger partial charge in [0.15, 0.2) is 0 Å². The molecule has 1 atom stereocenters. The Morgan fingerprint density at radius 2 is 2.04 bits per heavy atom. The molecule has 0 N–H and O–H groups in total. The molecule has 1 aromatic carbocycles. The zero-order chi connectivity index (χ0) is 18.8. The van der Waals surface area contributed by atoms with Gasteiger partial charge >= 0.3 is 0 Å². The third-order valence-corrected chi connectivity index (χ3v) is 5.95. The van der Waals surface area contributed by atoms with Crippen molar-refractivity contribution >= 4 is 16.3 Å². The lowest BCUT2D eigenvalue weighted by atomic mass is 10.0. The summed E-state index contributed by atoms with van der Waals surface area (Å²) in [6.45, 7) is 3.59. The topological polar surface area (TPSA) is 59.7 Å². The van der Waals surface area contributed by atoms with Crippen molar-refractivity contribution in [2.45, 2.75) is 45.2 Å². The molecule has 0 spiro atoms. The minimum Gasteiger partial charge on any atom is -0.497 e. The van der Waals surface area contributed by atoms with Gasteiger partial charge in [0.05, 0.1) is 12.8 Å². The highest BCUT2D eigenvalue weighted by Gasteiger charge is 2.23. The minimum absolute atomic E-state index is 0.102. The van der Waals surface area contributed by atoms with Gasteiger partial charge in [-0.05, 0) is 44.0 Å². The molecule has 3 aromatic rings. The Kier molecular flexibility index (Phi) is 5.22. The summed E-state index contributed by atoms with van der Waals surface area (Å²) < 4.78 is 6.69. The number of hydrogen-bond acceptors (Lipinski definition) is 6. The first-order valence-electron chi connectivity index (χ1n) is 9.38. The highest BCUT2D eigenvalue weighted by Crippen LogP contribution is 2.32. The van der Waals surface area contributed by atoms with Crippen LogP contribution < -0.4 is 10.3 Å². The number of ether oxygens (including phenoxy) is 1. The first-order valence-corrected chi connectivity index (χ1v) is 10.2. The van der Waals surface area contributed by atoms with Crippen molar-refractivity contribution in [2.24, 2.45) is 0 Å². The molecule has 0 radical (unpaired) electrons. The van der Waals surface area contributed by atoms with Crippen molar-refractivity contribution < 1.29 is 4.74 Å². The summed E-state index contributed by atoms with van der Waals surface area (Å²) in [4.78, 5) is 20.2. The van der Waals surface area contributed by atoms with Crippen LogP contribution in [0, 0.1) is 6.92 Å². The van der Waals surface area contributed by atoms with E-state index in [1.165, 1.54) is 40.7 Å². The molecule has 7 heteroatoms. The van der Waals surface area contributed by atoms with Gasteiger partial charge in [0.25, 0.3) is 5.56 Å². The highest BCUT2D eigenvalue weighted by atomic mass is 32.1. The lowest BCUT2D eigenvalue weighted by molar-refractivity contribution is 0.190. The summed E-state index contributed by atoms with van der Waals surface area (Å²) in [7, 11) is 1.69. The number of hydrogen-bond donors (Lipinski definition) is 0. The number of aromatic nitrogens is 3. The average Bonchev–Trinajstić information content (AvgIpc) is 2.90. The molecule has 1 aliphatic rings. The number of methoxy groups -OCH3 is 1. The van der Waals surface area contributed by atoms with E-state index in [-0.39, 0.29) is 5.56 Å². The fraction of sp³-hybridized carbons (Fsp3) is 0.450. The molecule has 1 fully saturated rings. The Bertz CT molecular complexity index is 980. The average molecular weight is 385 g/mol. The summed E-state index contributed by atoms with van der Waals surface area (Å²) in [5.41, 5.74) is 2.02. The molecule has 1 saturated heterocycles. The molecule has 1 unspecified atom stereocenters. The van der Waals surface area contributed by atoms with Gasteiger partial charge in [-0.1, -0.05) is 36.3 Å². The van der Waals surface area contributed by atoms with Crippen LogP contribution in [0.2, 0.25) is 0 Å². The molecule has 0 bridgehead atoms. The smallest absolute Gasteiger partial charge is 0.275 e. The van der Waals surface area contributed by atoms with Gasteiger partial charge in [0.1, 0.15) is 10.8 Å². The van der Waals surface area contributed by atoms with Crippen molar-refractivity contribution in [2.75, 3.05) is 13.7 Å². The van der Waals surface area contributed by atoms with E-state index in [2.05, 4.69) is 22.1 Å². The van der Waals surface area contributed by atoms with Crippen LogP contribution in [0.3, 0.4) is 0 Å². The fourth-order valence-corrected chi connectivity index (χ4v) is 4.57. The lowest BCUT2D eigenvalue weighted by Gasteiger charge is -2.30. The van der Waals surface area contributed by atoms with Gasteiger partial charge in [0.2, 0.25) is 4.96 Å². The van der Waals surface area contributed by atoms with Gasteiger partial charge in [-0.25, -0.2) is 4.98 Å². The van der Waals surface area contributed by atoms with Crippen LogP contribution in [0.5, 0.6) is 5.75 Å². The van der Waals surface area contributed by atoms with Crippen LogP contribution >= 0.6 is 11.3 Å². The van der Waals surface area contributed by atoms with Crippen LogP contribution in [0.1, 0.15) is 48.0 Å². The van der Waals surface area contributed by atoms with E-state index in [0.29, 0.717) is 17.5 Å². The van der Waals surface area contributed by atoms with Crippen LogP contribution in [-0.2, 0) is 6.54 Å². The van der Waals surface area contributed by atoms with E-state index in [9.17, 15) is 4.79 Å². The van der Waals surface area contributed by atoms with E-state index in [1.54, 1.807) is 13.2 Å². The highest BCUT2D eigenvalue weighted by molar-refractivity contribution is 7.16. The second-order valence-corrected chi connectivity index (χ2v) is 8.17. The molecule has 2 aromatic heterocycles. The monoisotopic (exact) mass is 384 g/mol. The van der Waals surface area contributed by atoms with E-state index in [1.807, 2.05) is 19.1 Å². The zero-order valence-corrected chi connectivity index (χ0v) is 16.5. The summed E-state index contributed by atoms with van der Waals surface area (Å²) in [6.07, 6.45) is 4.75. The van der Waals surface area contributed by atoms with Crippen LogP contribution in [0.4, 0.5) is 0 Å². The first kappa shape index (κ1) is 18.1. The largest absolute Gasteiger partial charge is 0.497 e. The maximum atomic E-state index is 12.4. The number of likely N-dealkylation sites (tertiary alicyclic amines) is 1. The van der Waals surface area contributed by atoms with Crippen LogP contribution in [0.25, 0.3) is 4.96 Å². The molecular formula is C20H24N4O2S. The van der Waals surface area contributed by atoms with Gasteiger partial charge in [-0.15, -0.1) is 0 Å². The summed E-state index contributed by atoms with van der Waals surface area (Å²) in [5.74, 6) is 0.875. The van der Waals surface area contributed by atoms with Crippen molar-refractivity contribution in [3.8, 4) is 5.75 Å². The molecular weight excluding hydrogens is 360 g/mol. The Labute approximate surface area is 162 Å². The molecule has 3 heterocycles. The normalized spacial score (nSPS) is 18.5. The zero-order valence-electron chi connectivity index (χ0n) is 15.7. The van der Waals surface area contributed by atoms with Crippen molar-refractivity contribution in [3.05, 3.63) is 57.0 Å². The number of aryl methyl sites for hydroxylation is 1. The van der Waals surface area contributed by atoms with Crippen molar-refractivity contribution in [1.29, 1.82) is 0 Å². The molecule has 27 heavy (non-hydrogen) atoms. The van der Waals surface area contributed by atoms with E-state index >= 15 is 0 Å². The van der Waals surface area contributed by atoms with Crippen LogP contribution in [0.15, 0.2) is 35.1 Å². The Morgan fingerprint density at radius 3 is 2.81 bits per heavy atom. The van der Waals surface area contributed by atoms with Gasteiger partial charge in [-0.2, -0.15) is 9.61 Å². The number of fused-ring (bicyclic) bond motifs is 1. The van der Waals surface area contributed by atoms with Gasteiger partial charge in [-0.3, -0.25) is 9.69 Å². The summed E-state index contributed by atoms with van der Waals surface area (Å²) >= 11 is 1.46. The Hall–Kier alpha value is -2.25. The SMILES string of the molecule is COc1ccc(C2CCCCCN2Cc2cc(=O)n3nc(C)sc3n2)cc1. The predicted octanol–water partition coefficient (Wildman–Crippen LogP) is 3.59. The maximum Gasteiger partial charge on any atom is 0.275 e. The predicted molar refractivity (Wildman–Crippen MR) is 106 cm³/mol. The molecule has 6 nitrogen and oxygen atoms in total. The van der Waals surface area contributed by atoms with E-state index < -0.39 is 0 Å². The summed E-state index contributed by atoms with van der Waals surface area (Å²) in [6, 6.07) is 10.3. The molecule has 0 saturated carbocycles. The quantitative estimate of drug-likeness (QED) is 0.688. The molecule has 0 aliphatic carbocycles. The van der Waals surface area contributed by atoms with E-state index in [4.69, 9.17) is 9.72 Å². The van der Waals surface area contributed by atoms with Crippen LogP contribution in [-0.4, -0.2) is 33.2 Å². The molecule has 4 rings (SSSR count). The van der Waals surface area contributed by atoms with E-state index in [0.717, 1.165) is 29.4 Å². The molecule has 142 valence electrons. The first-order chi connectivity index (χ1) is 13.1. The lowest BCUT2D eigenvalue weighted by Crippen LogP contribution is -2.29. The van der Waals surface area contributed by atoms with Gasteiger partial charge < -0.3 is 4.74 Å². The third kappa shape index (κ3) is 3.89. The number of benzene rings is 1. The molecule has 0 amide bonds. The van der Waals surface area contributed by atoms with Gasteiger partial charge in [0, 0.05) is 18.7 Å². The number of rotatable bonds is 4. The standard InChI is InChI=1S/C20H24N4O2S/c1-14-22-24-19(25)12-16(21-20(24)27-14)13-23-11-5-3-4-6-18(23)15-7-9-17(26-2)10-8-15/h7-10,12,18H,3-6,11,13H2,1-2H3. The molecule has 1 aliphatic heterocycles. The Balaban J connectivity index is 1.63. The minimum atomic E-state index is -0.102. The second-order valence-electron chi connectivity index (χ2n) is 7.01. The van der Waals surface area contributed by atoms with Crippen molar-refractivity contribution in [1.82, 2.24) is 19.5 Å². The maximum absolute atomic E-state index is 12.4.